The van der Waals surface area contributed by atoms with Gasteiger partial charge in [-0.05, 0) is 17.6 Å². The summed E-state index contributed by atoms with van der Waals surface area (Å²) in [5.74, 6) is -3.34. The molecule has 2 unspecified atom stereocenters. The molecule has 0 spiro atoms. The fourth-order valence-corrected chi connectivity index (χ4v) is 2.43. The summed E-state index contributed by atoms with van der Waals surface area (Å²) in [4.78, 5) is 12.4. The van der Waals surface area contributed by atoms with E-state index < -0.39 is 17.2 Å². The zero-order chi connectivity index (χ0) is 15.0. The molecule has 0 radical (unpaired) electrons. The average Bonchev–Trinajstić information content (AvgIpc) is 2.37. The molecule has 2 rings (SSSR count). The van der Waals surface area contributed by atoms with Gasteiger partial charge >= 0.3 is 0 Å². The van der Waals surface area contributed by atoms with Crippen LogP contribution in [0.2, 0.25) is 0 Å². The Morgan fingerprint density at radius 2 is 1.85 bits per heavy atom. The SMILES string of the molecule is CC(C)(C)C1C=C(C(=O)c2ccccc2)C=CC1(O)F. The van der Waals surface area contributed by atoms with Gasteiger partial charge in [-0.25, -0.2) is 4.39 Å². The lowest BCUT2D eigenvalue weighted by Crippen LogP contribution is -2.40. The number of hydrogen-bond donors (Lipinski definition) is 1. The van der Waals surface area contributed by atoms with Crippen LogP contribution in [0.1, 0.15) is 31.1 Å². The van der Waals surface area contributed by atoms with Crippen LogP contribution in [0.4, 0.5) is 4.39 Å². The van der Waals surface area contributed by atoms with E-state index in [1.165, 1.54) is 12.2 Å². The zero-order valence-corrected chi connectivity index (χ0v) is 11.9. The van der Waals surface area contributed by atoms with E-state index in [4.69, 9.17) is 0 Å². The summed E-state index contributed by atoms with van der Waals surface area (Å²) in [5.41, 5.74) is 0.482. The maximum absolute atomic E-state index is 14.2. The molecular weight excluding hydrogens is 255 g/mol. The normalized spacial score (nSPS) is 26.2. The maximum atomic E-state index is 14.2. The molecule has 0 heterocycles. The monoisotopic (exact) mass is 274 g/mol. The molecule has 1 N–H and O–H groups in total. The van der Waals surface area contributed by atoms with Crippen molar-refractivity contribution in [3.8, 4) is 0 Å². The largest absolute Gasteiger partial charge is 0.358 e. The van der Waals surface area contributed by atoms with Crippen molar-refractivity contribution >= 4 is 5.78 Å². The summed E-state index contributed by atoms with van der Waals surface area (Å²) < 4.78 is 14.2. The molecule has 1 aromatic rings. The molecule has 0 aromatic heterocycles. The van der Waals surface area contributed by atoms with Gasteiger partial charge in [-0.1, -0.05) is 57.2 Å². The maximum Gasteiger partial charge on any atom is 0.233 e. The Balaban J connectivity index is 2.37. The molecule has 1 aliphatic rings. The van der Waals surface area contributed by atoms with Crippen molar-refractivity contribution < 1.29 is 14.3 Å². The third-order valence-electron chi connectivity index (χ3n) is 3.51. The van der Waals surface area contributed by atoms with Crippen molar-refractivity contribution in [3.63, 3.8) is 0 Å². The molecule has 1 aromatic carbocycles. The van der Waals surface area contributed by atoms with Gasteiger partial charge in [-0.3, -0.25) is 4.79 Å². The van der Waals surface area contributed by atoms with E-state index in [1.54, 1.807) is 24.3 Å². The number of hydrogen-bond acceptors (Lipinski definition) is 2. The molecule has 2 atom stereocenters. The third-order valence-corrected chi connectivity index (χ3v) is 3.51. The Labute approximate surface area is 118 Å². The molecule has 20 heavy (non-hydrogen) atoms. The summed E-state index contributed by atoms with van der Waals surface area (Å²) in [6.45, 7) is 5.51. The van der Waals surface area contributed by atoms with Crippen molar-refractivity contribution in [2.75, 3.05) is 0 Å². The van der Waals surface area contributed by atoms with Crippen LogP contribution >= 0.6 is 0 Å². The smallest absolute Gasteiger partial charge is 0.233 e. The van der Waals surface area contributed by atoms with Crippen LogP contribution in [0, 0.1) is 11.3 Å². The molecule has 0 bridgehead atoms. The molecule has 0 amide bonds. The first-order valence-corrected chi connectivity index (χ1v) is 6.64. The number of alkyl halides is 1. The first-order chi connectivity index (χ1) is 9.22. The van der Waals surface area contributed by atoms with Gasteiger partial charge in [-0.15, -0.1) is 0 Å². The predicted molar refractivity (Wildman–Crippen MR) is 77.0 cm³/mol. The van der Waals surface area contributed by atoms with Gasteiger partial charge in [0.1, 0.15) is 0 Å². The minimum Gasteiger partial charge on any atom is -0.358 e. The fourth-order valence-electron chi connectivity index (χ4n) is 2.43. The van der Waals surface area contributed by atoms with E-state index in [1.807, 2.05) is 26.8 Å². The van der Waals surface area contributed by atoms with Crippen molar-refractivity contribution in [1.29, 1.82) is 0 Å². The van der Waals surface area contributed by atoms with E-state index in [9.17, 15) is 14.3 Å². The number of benzene rings is 1. The van der Waals surface area contributed by atoms with E-state index in [0.717, 1.165) is 6.08 Å². The highest BCUT2D eigenvalue weighted by Crippen LogP contribution is 2.41. The lowest BCUT2D eigenvalue weighted by molar-refractivity contribution is -0.107. The quantitative estimate of drug-likeness (QED) is 0.835. The van der Waals surface area contributed by atoms with E-state index in [-0.39, 0.29) is 5.78 Å². The molecule has 1 aliphatic carbocycles. The van der Waals surface area contributed by atoms with Crippen LogP contribution in [0.3, 0.4) is 0 Å². The van der Waals surface area contributed by atoms with Crippen LogP contribution in [-0.2, 0) is 0 Å². The number of Topliss-reactive ketones (excluding diaryl/α,β-unsaturated/α-hetero) is 1. The van der Waals surface area contributed by atoms with Gasteiger partial charge in [0.25, 0.3) is 0 Å². The molecular formula is C17H19FO2. The molecule has 106 valence electrons. The minimum atomic E-state index is -2.42. The number of carbonyl (C=O) groups is 1. The zero-order valence-electron chi connectivity index (χ0n) is 11.9. The van der Waals surface area contributed by atoms with E-state index >= 15 is 0 Å². The number of halogens is 1. The van der Waals surface area contributed by atoms with Crippen molar-refractivity contribution in [3.05, 3.63) is 59.7 Å². The summed E-state index contributed by atoms with van der Waals surface area (Å²) in [6.07, 6.45) is 3.96. The molecule has 0 saturated heterocycles. The summed E-state index contributed by atoms with van der Waals surface area (Å²) in [7, 11) is 0. The minimum absolute atomic E-state index is 0.161. The van der Waals surface area contributed by atoms with Crippen molar-refractivity contribution in [2.24, 2.45) is 11.3 Å². The van der Waals surface area contributed by atoms with Crippen molar-refractivity contribution in [1.82, 2.24) is 0 Å². The Morgan fingerprint density at radius 3 is 2.40 bits per heavy atom. The third kappa shape index (κ3) is 2.88. The van der Waals surface area contributed by atoms with Gasteiger partial charge in [0.2, 0.25) is 5.85 Å². The van der Waals surface area contributed by atoms with Gasteiger partial charge in [0.15, 0.2) is 5.78 Å². The number of allylic oxidation sites excluding steroid dienone is 2. The van der Waals surface area contributed by atoms with Crippen LogP contribution in [-0.4, -0.2) is 16.7 Å². The van der Waals surface area contributed by atoms with E-state index in [0.29, 0.717) is 11.1 Å². The second kappa shape index (κ2) is 4.98. The van der Waals surface area contributed by atoms with Crippen LogP contribution in [0.5, 0.6) is 0 Å². The van der Waals surface area contributed by atoms with Crippen LogP contribution in [0.15, 0.2) is 54.1 Å². The Bertz CT molecular complexity index is 562. The summed E-state index contributed by atoms with van der Waals surface area (Å²) >= 11 is 0. The lowest BCUT2D eigenvalue weighted by atomic mass is 9.72. The van der Waals surface area contributed by atoms with Gasteiger partial charge in [0.05, 0.1) is 0 Å². The highest BCUT2D eigenvalue weighted by atomic mass is 19.2. The first-order valence-electron chi connectivity index (χ1n) is 6.64. The van der Waals surface area contributed by atoms with Crippen LogP contribution in [0.25, 0.3) is 0 Å². The number of ketones is 1. The fraction of sp³-hybridized carbons (Fsp3) is 0.353. The average molecular weight is 274 g/mol. The molecule has 0 fully saturated rings. The Morgan fingerprint density at radius 1 is 1.25 bits per heavy atom. The highest BCUT2D eigenvalue weighted by Gasteiger charge is 2.43. The van der Waals surface area contributed by atoms with Gasteiger partial charge in [-0.2, -0.15) is 0 Å². The predicted octanol–water partition coefficient (Wildman–Crippen LogP) is 3.69. The molecule has 0 aliphatic heterocycles. The van der Waals surface area contributed by atoms with Gasteiger partial charge < -0.3 is 5.11 Å². The number of carbonyl (C=O) groups excluding carboxylic acids is 1. The standard InChI is InChI=1S/C17H19FO2/c1-16(2,3)14-11-13(9-10-17(14,18)20)15(19)12-7-5-4-6-8-12/h4-11,14,20H,1-3H3. The molecule has 2 nitrogen and oxygen atoms in total. The lowest BCUT2D eigenvalue weighted by Gasteiger charge is -2.37. The second-order valence-electron chi connectivity index (χ2n) is 6.22. The number of aliphatic hydroxyl groups is 1. The van der Waals surface area contributed by atoms with Crippen LogP contribution < -0.4 is 0 Å². The topological polar surface area (TPSA) is 37.3 Å². The summed E-state index contributed by atoms with van der Waals surface area (Å²) in [6, 6.07) is 8.85. The highest BCUT2D eigenvalue weighted by molar-refractivity contribution is 6.10. The molecule has 3 heteroatoms. The summed E-state index contributed by atoms with van der Waals surface area (Å²) in [5, 5.41) is 9.83. The van der Waals surface area contributed by atoms with Crippen molar-refractivity contribution in [2.45, 2.75) is 26.6 Å². The van der Waals surface area contributed by atoms with Gasteiger partial charge in [0, 0.05) is 17.1 Å². The Kier molecular flexibility index (Phi) is 3.65. The first kappa shape index (κ1) is 14.7. The second-order valence-corrected chi connectivity index (χ2v) is 6.22. The number of rotatable bonds is 2. The van der Waals surface area contributed by atoms with E-state index in [2.05, 4.69) is 0 Å². The molecule has 0 saturated carbocycles. The Hall–Kier alpha value is -1.74.